The SMILES string of the molecule is CC(=O)Cc1ccc(OCCCCCCO)cc1. The van der Waals surface area contributed by atoms with Gasteiger partial charge in [0.25, 0.3) is 0 Å². The van der Waals surface area contributed by atoms with E-state index in [-0.39, 0.29) is 12.4 Å². The second-order valence-electron chi connectivity index (χ2n) is 4.51. The smallest absolute Gasteiger partial charge is 0.134 e. The summed E-state index contributed by atoms with van der Waals surface area (Å²) in [6.07, 6.45) is 4.51. The molecule has 0 aliphatic heterocycles. The number of aliphatic hydroxyl groups is 1. The molecule has 0 saturated heterocycles. The van der Waals surface area contributed by atoms with Gasteiger partial charge in [0.05, 0.1) is 6.61 Å². The zero-order chi connectivity index (χ0) is 13.2. The molecule has 0 aliphatic carbocycles. The van der Waals surface area contributed by atoms with Crippen molar-refractivity contribution < 1.29 is 14.6 Å². The molecule has 1 aromatic carbocycles. The van der Waals surface area contributed by atoms with Crippen molar-refractivity contribution in [1.82, 2.24) is 0 Å². The largest absolute Gasteiger partial charge is 0.494 e. The molecule has 0 saturated carbocycles. The van der Waals surface area contributed by atoms with E-state index in [0.29, 0.717) is 13.0 Å². The highest BCUT2D eigenvalue weighted by Gasteiger charge is 1.98. The minimum absolute atomic E-state index is 0.174. The summed E-state index contributed by atoms with van der Waals surface area (Å²) in [5.41, 5.74) is 1.03. The van der Waals surface area contributed by atoms with Gasteiger partial charge in [-0.05, 0) is 43.9 Å². The average Bonchev–Trinajstić information content (AvgIpc) is 2.35. The zero-order valence-corrected chi connectivity index (χ0v) is 11.0. The molecule has 1 aromatic rings. The van der Waals surface area contributed by atoms with Crippen molar-refractivity contribution in [3.8, 4) is 5.75 Å². The summed E-state index contributed by atoms with van der Waals surface area (Å²) in [6.45, 7) is 2.58. The van der Waals surface area contributed by atoms with E-state index in [0.717, 1.165) is 37.0 Å². The fraction of sp³-hybridized carbons (Fsp3) is 0.533. The summed E-state index contributed by atoms with van der Waals surface area (Å²) in [7, 11) is 0. The molecule has 0 heterocycles. The lowest BCUT2D eigenvalue weighted by atomic mass is 10.1. The molecule has 0 unspecified atom stereocenters. The number of Topliss-reactive ketones (excluding diaryl/α,β-unsaturated/α-hetero) is 1. The van der Waals surface area contributed by atoms with Crippen LogP contribution in [0.1, 0.15) is 38.2 Å². The van der Waals surface area contributed by atoms with Crippen molar-refractivity contribution in [2.45, 2.75) is 39.0 Å². The van der Waals surface area contributed by atoms with Gasteiger partial charge >= 0.3 is 0 Å². The Morgan fingerprint density at radius 3 is 2.39 bits per heavy atom. The van der Waals surface area contributed by atoms with Crippen LogP contribution in [0.5, 0.6) is 5.75 Å². The Labute approximate surface area is 109 Å². The third-order valence-electron chi connectivity index (χ3n) is 2.70. The van der Waals surface area contributed by atoms with Crippen LogP contribution in [-0.4, -0.2) is 24.1 Å². The van der Waals surface area contributed by atoms with Crippen LogP contribution in [0, 0.1) is 0 Å². The average molecular weight is 250 g/mol. The summed E-state index contributed by atoms with van der Waals surface area (Å²) in [4.78, 5) is 10.9. The summed E-state index contributed by atoms with van der Waals surface area (Å²) < 4.78 is 5.60. The Balaban J connectivity index is 2.20. The lowest BCUT2D eigenvalue weighted by molar-refractivity contribution is -0.116. The molecule has 1 N–H and O–H groups in total. The van der Waals surface area contributed by atoms with Crippen LogP contribution in [0.15, 0.2) is 24.3 Å². The number of benzene rings is 1. The van der Waals surface area contributed by atoms with Crippen LogP contribution in [0.3, 0.4) is 0 Å². The minimum Gasteiger partial charge on any atom is -0.494 e. The molecule has 0 atom stereocenters. The van der Waals surface area contributed by atoms with E-state index < -0.39 is 0 Å². The monoisotopic (exact) mass is 250 g/mol. The van der Waals surface area contributed by atoms with Gasteiger partial charge in [-0.25, -0.2) is 0 Å². The van der Waals surface area contributed by atoms with E-state index in [4.69, 9.17) is 9.84 Å². The minimum atomic E-state index is 0.174. The first kappa shape index (κ1) is 14.7. The second-order valence-corrected chi connectivity index (χ2v) is 4.51. The third kappa shape index (κ3) is 6.40. The summed E-state index contributed by atoms with van der Waals surface area (Å²) >= 11 is 0. The topological polar surface area (TPSA) is 46.5 Å². The molecular formula is C15H22O3. The molecule has 0 aliphatic rings. The van der Waals surface area contributed by atoms with Gasteiger partial charge in [-0.2, -0.15) is 0 Å². The quantitative estimate of drug-likeness (QED) is 0.685. The van der Waals surface area contributed by atoms with Crippen LogP contribution >= 0.6 is 0 Å². The number of hydrogen-bond acceptors (Lipinski definition) is 3. The van der Waals surface area contributed by atoms with Crippen molar-refractivity contribution in [2.24, 2.45) is 0 Å². The van der Waals surface area contributed by atoms with E-state index in [1.165, 1.54) is 0 Å². The lowest BCUT2D eigenvalue weighted by Gasteiger charge is -2.06. The molecule has 0 fully saturated rings. The maximum atomic E-state index is 10.9. The van der Waals surface area contributed by atoms with Gasteiger partial charge in [0.2, 0.25) is 0 Å². The van der Waals surface area contributed by atoms with E-state index in [1.807, 2.05) is 24.3 Å². The van der Waals surface area contributed by atoms with Gasteiger partial charge in [0.1, 0.15) is 11.5 Å². The molecule has 0 radical (unpaired) electrons. The molecule has 0 bridgehead atoms. The van der Waals surface area contributed by atoms with E-state index >= 15 is 0 Å². The Morgan fingerprint density at radius 1 is 1.11 bits per heavy atom. The summed E-state index contributed by atoms with van der Waals surface area (Å²) in [5, 5.41) is 8.63. The number of carbonyl (C=O) groups excluding carboxylic acids is 1. The van der Waals surface area contributed by atoms with E-state index in [9.17, 15) is 4.79 Å². The number of carbonyl (C=O) groups is 1. The van der Waals surface area contributed by atoms with Gasteiger partial charge in [-0.1, -0.05) is 18.6 Å². The number of ketones is 1. The van der Waals surface area contributed by atoms with Gasteiger partial charge in [-0.3, -0.25) is 4.79 Å². The van der Waals surface area contributed by atoms with Gasteiger partial charge in [0.15, 0.2) is 0 Å². The predicted molar refractivity (Wildman–Crippen MR) is 71.9 cm³/mol. The van der Waals surface area contributed by atoms with Crippen molar-refractivity contribution in [3.63, 3.8) is 0 Å². The van der Waals surface area contributed by atoms with E-state index in [2.05, 4.69) is 0 Å². The molecule has 3 nitrogen and oxygen atoms in total. The first-order valence-corrected chi connectivity index (χ1v) is 6.54. The molecule has 100 valence electrons. The van der Waals surface area contributed by atoms with Crippen LogP contribution in [0.25, 0.3) is 0 Å². The fourth-order valence-corrected chi connectivity index (χ4v) is 1.75. The highest BCUT2D eigenvalue weighted by atomic mass is 16.5. The standard InChI is InChI=1S/C15H22O3/c1-13(17)12-14-6-8-15(9-7-14)18-11-5-3-2-4-10-16/h6-9,16H,2-5,10-12H2,1H3. The number of hydrogen-bond donors (Lipinski definition) is 1. The number of rotatable bonds is 9. The van der Waals surface area contributed by atoms with Crippen molar-refractivity contribution >= 4 is 5.78 Å². The third-order valence-corrected chi connectivity index (χ3v) is 2.70. The number of aliphatic hydroxyl groups excluding tert-OH is 1. The Morgan fingerprint density at radius 2 is 1.78 bits per heavy atom. The fourth-order valence-electron chi connectivity index (χ4n) is 1.75. The second kappa shape index (κ2) is 8.70. The summed E-state index contributed by atoms with van der Waals surface area (Å²) in [6, 6.07) is 7.68. The van der Waals surface area contributed by atoms with Crippen LogP contribution in [0.4, 0.5) is 0 Å². The summed E-state index contributed by atoms with van der Waals surface area (Å²) in [5.74, 6) is 1.03. The molecule has 3 heteroatoms. The molecule has 0 amide bonds. The van der Waals surface area contributed by atoms with Gasteiger partial charge in [-0.15, -0.1) is 0 Å². The Hall–Kier alpha value is -1.35. The van der Waals surface area contributed by atoms with E-state index in [1.54, 1.807) is 6.92 Å². The Bertz CT molecular complexity index is 343. The molecule has 1 rings (SSSR count). The highest BCUT2D eigenvalue weighted by Crippen LogP contribution is 2.13. The van der Waals surface area contributed by atoms with Crippen molar-refractivity contribution in [1.29, 1.82) is 0 Å². The van der Waals surface area contributed by atoms with Crippen LogP contribution in [0.2, 0.25) is 0 Å². The highest BCUT2D eigenvalue weighted by molar-refractivity contribution is 5.78. The van der Waals surface area contributed by atoms with Gasteiger partial charge in [0, 0.05) is 13.0 Å². The van der Waals surface area contributed by atoms with Gasteiger partial charge < -0.3 is 9.84 Å². The zero-order valence-electron chi connectivity index (χ0n) is 11.0. The number of unbranched alkanes of at least 4 members (excludes halogenated alkanes) is 3. The normalized spacial score (nSPS) is 10.3. The number of ether oxygens (including phenoxy) is 1. The molecule has 0 aromatic heterocycles. The predicted octanol–water partition coefficient (Wildman–Crippen LogP) is 2.75. The maximum Gasteiger partial charge on any atom is 0.134 e. The van der Waals surface area contributed by atoms with Crippen molar-refractivity contribution in [2.75, 3.05) is 13.2 Å². The van der Waals surface area contributed by atoms with Crippen LogP contribution in [-0.2, 0) is 11.2 Å². The Kier molecular flexibility index (Phi) is 7.11. The molecule has 0 spiro atoms. The molecule has 18 heavy (non-hydrogen) atoms. The maximum absolute atomic E-state index is 10.9. The lowest BCUT2D eigenvalue weighted by Crippen LogP contribution is -1.99. The van der Waals surface area contributed by atoms with Crippen molar-refractivity contribution in [3.05, 3.63) is 29.8 Å². The van der Waals surface area contributed by atoms with Crippen LogP contribution < -0.4 is 4.74 Å². The molecular weight excluding hydrogens is 228 g/mol. The first-order chi connectivity index (χ1) is 8.72. The first-order valence-electron chi connectivity index (χ1n) is 6.54.